The van der Waals surface area contributed by atoms with Crippen molar-refractivity contribution in [3.05, 3.63) is 52.6 Å². The van der Waals surface area contributed by atoms with E-state index >= 15 is 0 Å². The number of ether oxygens (including phenoxy) is 2. The van der Waals surface area contributed by atoms with E-state index in [0.717, 1.165) is 42.9 Å². The van der Waals surface area contributed by atoms with E-state index < -0.39 is 23.1 Å². The van der Waals surface area contributed by atoms with Crippen LogP contribution in [-0.2, 0) is 14.9 Å². The van der Waals surface area contributed by atoms with E-state index in [9.17, 15) is 18.0 Å². The normalized spacial score (nSPS) is 13.3. The summed E-state index contributed by atoms with van der Waals surface area (Å²) in [6.07, 6.45) is 0.516. The first-order valence-corrected chi connectivity index (χ1v) is 11.6. The third-order valence-electron chi connectivity index (χ3n) is 5.63. The average Bonchev–Trinajstić information content (AvgIpc) is 2.71. The van der Waals surface area contributed by atoms with Gasteiger partial charge in [-0.2, -0.15) is 13.2 Å². The van der Waals surface area contributed by atoms with Gasteiger partial charge in [-0.25, -0.2) is 4.79 Å². The summed E-state index contributed by atoms with van der Waals surface area (Å²) in [5.41, 5.74) is 1.75. The lowest BCUT2D eigenvalue weighted by molar-refractivity contribution is -0.135. The van der Waals surface area contributed by atoms with Gasteiger partial charge in [0.05, 0.1) is 19.3 Å². The number of unbranched alkanes of at least 4 members (excludes halogenated alkanes) is 1. The molecule has 186 valence electrons. The van der Waals surface area contributed by atoms with Crippen LogP contribution in [0.2, 0.25) is 0 Å². The van der Waals surface area contributed by atoms with Crippen LogP contribution >= 0.6 is 0 Å². The fourth-order valence-electron chi connectivity index (χ4n) is 3.42. The van der Waals surface area contributed by atoms with Gasteiger partial charge < -0.3 is 9.47 Å². The van der Waals surface area contributed by atoms with Crippen LogP contribution in [0.15, 0.2) is 35.9 Å². The maximum absolute atomic E-state index is 13.3. The highest BCUT2D eigenvalue weighted by molar-refractivity contribution is 5.83. The van der Waals surface area contributed by atoms with Gasteiger partial charge >= 0.3 is 12.1 Å². The molecule has 0 aromatic heterocycles. The standard InChI is InChI=1S/C27H39F3O3/c1-9-10-14-33-25-22(19(4)5)15-20(18(2)3)16-23(25)26(6,7)13-11-12-21(27(28,29)30)17-24(31)32-8/h11-12,15-19H,9-10,13-14H2,1-8H3/b12-11+,21-17-. The Morgan fingerprint density at radius 3 is 2.21 bits per heavy atom. The van der Waals surface area contributed by atoms with Crippen LogP contribution in [0.3, 0.4) is 0 Å². The number of allylic oxidation sites excluding steroid dienone is 3. The molecule has 3 nitrogen and oxygen atoms in total. The molecule has 0 heterocycles. The number of carbonyl (C=O) groups excluding carboxylic acids is 1. The molecule has 0 amide bonds. The molecule has 0 atom stereocenters. The predicted octanol–water partition coefficient (Wildman–Crippen LogP) is 8.00. The zero-order valence-corrected chi connectivity index (χ0v) is 21.2. The summed E-state index contributed by atoms with van der Waals surface area (Å²) in [4.78, 5) is 11.4. The number of methoxy groups -OCH3 is 1. The highest BCUT2D eigenvalue weighted by atomic mass is 19.4. The van der Waals surface area contributed by atoms with Crippen molar-refractivity contribution < 1.29 is 27.4 Å². The number of alkyl halides is 3. The smallest absolute Gasteiger partial charge is 0.416 e. The first-order chi connectivity index (χ1) is 15.2. The van der Waals surface area contributed by atoms with Gasteiger partial charge in [0.15, 0.2) is 0 Å². The van der Waals surface area contributed by atoms with Crippen LogP contribution in [0.1, 0.15) is 96.3 Å². The van der Waals surface area contributed by atoms with Crippen LogP contribution in [0, 0.1) is 0 Å². The Balaban J connectivity index is 3.46. The minimum Gasteiger partial charge on any atom is -0.493 e. The Bertz CT molecular complexity index is 847. The Morgan fingerprint density at radius 1 is 1.09 bits per heavy atom. The molecule has 0 fully saturated rings. The van der Waals surface area contributed by atoms with Gasteiger partial charge in [-0.15, -0.1) is 0 Å². The van der Waals surface area contributed by atoms with Crippen molar-refractivity contribution in [3.63, 3.8) is 0 Å². The maximum atomic E-state index is 13.3. The monoisotopic (exact) mass is 468 g/mol. The quantitative estimate of drug-likeness (QED) is 0.143. The summed E-state index contributed by atoms with van der Waals surface area (Å²) in [6.45, 7) is 15.2. The number of hydrogen-bond donors (Lipinski definition) is 0. The minimum absolute atomic E-state index is 0.241. The predicted molar refractivity (Wildman–Crippen MR) is 128 cm³/mol. The molecule has 33 heavy (non-hydrogen) atoms. The second-order valence-corrected chi connectivity index (χ2v) is 9.61. The zero-order valence-electron chi connectivity index (χ0n) is 21.2. The van der Waals surface area contributed by atoms with Gasteiger partial charge in [0.1, 0.15) is 5.75 Å². The summed E-state index contributed by atoms with van der Waals surface area (Å²) < 4.78 is 50.6. The number of hydrogen-bond acceptors (Lipinski definition) is 3. The first-order valence-electron chi connectivity index (χ1n) is 11.6. The van der Waals surface area contributed by atoms with Crippen LogP contribution in [0.4, 0.5) is 13.2 Å². The minimum atomic E-state index is -4.65. The molecule has 0 saturated heterocycles. The Morgan fingerprint density at radius 2 is 1.73 bits per heavy atom. The van der Waals surface area contributed by atoms with Gasteiger partial charge in [-0.1, -0.05) is 79.2 Å². The van der Waals surface area contributed by atoms with Crippen LogP contribution < -0.4 is 4.74 Å². The molecule has 1 aromatic carbocycles. The summed E-state index contributed by atoms with van der Waals surface area (Å²) in [5.74, 6) is 0.341. The third kappa shape index (κ3) is 8.56. The van der Waals surface area contributed by atoms with E-state index in [2.05, 4.69) is 51.5 Å². The number of rotatable bonds is 11. The van der Waals surface area contributed by atoms with Crippen molar-refractivity contribution in [1.82, 2.24) is 0 Å². The Hall–Kier alpha value is -2.24. The third-order valence-corrected chi connectivity index (χ3v) is 5.63. The molecule has 1 rings (SSSR count). The molecule has 0 radical (unpaired) electrons. The molecular formula is C27H39F3O3. The summed E-state index contributed by atoms with van der Waals surface area (Å²) in [5, 5.41) is 0. The summed E-state index contributed by atoms with van der Waals surface area (Å²) in [7, 11) is 1.05. The van der Waals surface area contributed by atoms with Crippen LogP contribution in [0.5, 0.6) is 5.75 Å². The van der Waals surface area contributed by atoms with E-state index in [0.29, 0.717) is 25.0 Å². The van der Waals surface area contributed by atoms with Gasteiger partial charge in [0.25, 0.3) is 0 Å². The molecule has 0 aliphatic heterocycles. The molecule has 0 aliphatic rings. The number of carbonyl (C=O) groups is 1. The van der Waals surface area contributed by atoms with Crippen LogP contribution in [0.25, 0.3) is 0 Å². The fourth-order valence-corrected chi connectivity index (χ4v) is 3.42. The second kappa shape index (κ2) is 12.3. The Labute approximate surface area is 197 Å². The van der Waals surface area contributed by atoms with Gasteiger partial charge in [-0.05, 0) is 41.2 Å². The molecule has 0 bridgehead atoms. The molecule has 0 unspecified atom stereocenters. The second-order valence-electron chi connectivity index (χ2n) is 9.61. The van der Waals surface area contributed by atoms with E-state index in [-0.39, 0.29) is 5.92 Å². The number of halogens is 3. The van der Waals surface area contributed by atoms with E-state index in [4.69, 9.17) is 4.74 Å². The van der Waals surface area contributed by atoms with Crippen molar-refractivity contribution >= 4 is 5.97 Å². The molecule has 1 aromatic rings. The number of benzene rings is 1. The van der Waals surface area contributed by atoms with Gasteiger partial charge in [0.2, 0.25) is 0 Å². The van der Waals surface area contributed by atoms with Gasteiger partial charge in [0, 0.05) is 11.6 Å². The first kappa shape index (κ1) is 28.8. The van der Waals surface area contributed by atoms with E-state index in [1.807, 2.05) is 13.8 Å². The number of esters is 1. The molecular weight excluding hydrogens is 429 g/mol. The van der Waals surface area contributed by atoms with E-state index in [1.54, 1.807) is 0 Å². The van der Waals surface area contributed by atoms with E-state index in [1.165, 1.54) is 11.6 Å². The average molecular weight is 469 g/mol. The highest BCUT2D eigenvalue weighted by Gasteiger charge is 2.33. The zero-order chi connectivity index (χ0) is 25.4. The SMILES string of the molecule is CCCCOc1c(C(C)C)cc(C(C)C)cc1C(C)(C)C/C=C/C(=C/C(=O)OC)C(F)(F)F. The molecule has 0 saturated carbocycles. The summed E-state index contributed by atoms with van der Waals surface area (Å²) in [6, 6.07) is 4.31. The Kier molecular flexibility index (Phi) is 10.7. The summed E-state index contributed by atoms with van der Waals surface area (Å²) >= 11 is 0. The molecule has 6 heteroatoms. The lowest BCUT2D eigenvalue weighted by Gasteiger charge is -2.30. The van der Waals surface area contributed by atoms with Crippen molar-refractivity contribution in [1.29, 1.82) is 0 Å². The largest absolute Gasteiger partial charge is 0.493 e. The molecule has 0 spiro atoms. The van der Waals surface area contributed by atoms with Crippen molar-refractivity contribution in [3.8, 4) is 5.75 Å². The molecule has 0 N–H and O–H groups in total. The van der Waals surface area contributed by atoms with Gasteiger partial charge in [-0.3, -0.25) is 0 Å². The lowest BCUT2D eigenvalue weighted by Crippen LogP contribution is -2.20. The van der Waals surface area contributed by atoms with Crippen molar-refractivity contribution in [2.45, 2.75) is 91.2 Å². The lowest BCUT2D eigenvalue weighted by atomic mass is 9.77. The van der Waals surface area contributed by atoms with Crippen molar-refractivity contribution in [2.75, 3.05) is 13.7 Å². The highest BCUT2D eigenvalue weighted by Crippen LogP contribution is 2.42. The van der Waals surface area contributed by atoms with Crippen LogP contribution in [-0.4, -0.2) is 25.9 Å². The maximum Gasteiger partial charge on any atom is 0.416 e. The van der Waals surface area contributed by atoms with Crippen molar-refractivity contribution in [2.24, 2.45) is 0 Å². The topological polar surface area (TPSA) is 35.5 Å². The fraction of sp³-hybridized carbons (Fsp3) is 0.593. The molecule has 0 aliphatic carbocycles.